The van der Waals surface area contributed by atoms with Crippen molar-refractivity contribution in [3.8, 4) is 5.88 Å². The molecule has 0 saturated carbocycles. The van der Waals surface area contributed by atoms with Crippen molar-refractivity contribution in [3.05, 3.63) is 20.9 Å². The lowest BCUT2D eigenvalue weighted by molar-refractivity contribution is -0.276. The maximum absolute atomic E-state index is 12.0. The van der Waals surface area contributed by atoms with Crippen LogP contribution < -0.4 is 4.74 Å². The molecular weight excluding hydrogens is 422 g/mol. The van der Waals surface area contributed by atoms with Gasteiger partial charge in [-0.2, -0.15) is 0 Å². The molecule has 1 rings (SSSR count). The fourth-order valence-electron chi connectivity index (χ4n) is 1.00. The number of aromatic carboxylic acids is 1. The molecule has 0 aliphatic rings. The number of alkyl halides is 4. The first-order valence-corrected chi connectivity index (χ1v) is 6.18. The Morgan fingerprint density at radius 3 is 2.59 bits per heavy atom. The molecule has 0 amide bonds. The number of aromatic nitrogens is 1. The first kappa shape index (κ1) is 14.5. The van der Waals surface area contributed by atoms with Crippen molar-refractivity contribution in [2.24, 2.45) is 0 Å². The Balaban J connectivity index is 3.25. The van der Waals surface area contributed by atoms with E-state index in [1.165, 1.54) is 0 Å². The maximum Gasteiger partial charge on any atom is 0.574 e. The molecule has 1 aromatic heterocycles. The number of nitrogens with zero attached hydrogens (tertiary/aromatic N) is 1. The van der Waals surface area contributed by atoms with E-state index in [9.17, 15) is 18.0 Å². The van der Waals surface area contributed by atoms with Gasteiger partial charge >= 0.3 is 12.3 Å². The molecule has 17 heavy (non-hydrogen) atoms. The van der Waals surface area contributed by atoms with Crippen molar-refractivity contribution in [1.82, 2.24) is 4.98 Å². The summed E-state index contributed by atoms with van der Waals surface area (Å²) in [5, 5.41) is 8.90. The molecule has 1 aromatic rings. The van der Waals surface area contributed by atoms with E-state index in [0.717, 1.165) is 6.20 Å². The fourth-order valence-corrected chi connectivity index (χ4v) is 2.84. The summed E-state index contributed by atoms with van der Waals surface area (Å²) in [7, 11) is 0. The molecule has 0 unspecified atom stereocenters. The zero-order chi connectivity index (χ0) is 13.2. The van der Waals surface area contributed by atoms with Crippen LogP contribution in [-0.2, 0) is 5.33 Å². The van der Waals surface area contributed by atoms with E-state index >= 15 is 0 Å². The smallest absolute Gasteiger partial charge is 0.478 e. The number of carbonyl (C=O) groups is 1. The number of hydrogen-bond acceptors (Lipinski definition) is 3. The quantitative estimate of drug-likeness (QED) is 0.597. The standard InChI is InChI=1S/C8H4BrF3INO3/c9-1-3-4(7(15)16)2-14-6(5(3)13)17-8(10,11)12/h2H,1H2,(H,15,16). The molecule has 0 bridgehead atoms. The second kappa shape index (κ2) is 5.38. The molecule has 0 spiro atoms. The Hall–Kier alpha value is -0.580. The van der Waals surface area contributed by atoms with Gasteiger partial charge < -0.3 is 9.84 Å². The predicted octanol–water partition coefficient (Wildman–Crippen LogP) is 3.18. The summed E-state index contributed by atoms with van der Waals surface area (Å²) in [6, 6.07) is 0. The van der Waals surface area contributed by atoms with Crippen LogP contribution in [0.5, 0.6) is 5.88 Å². The van der Waals surface area contributed by atoms with E-state index in [1.54, 1.807) is 22.6 Å². The Bertz CT molecular complexity index is 452. The second-order valence-corrected chi connectivity index (χ2v) is 4.40. The van der Waals surface area contributed by atoms with Gasteiger partial charge in [0, 0.05) is 11.5 Å². The molecule has 0 radical (unpaired) electrons. The Kier molecular flexibility index (Phi) is 4.58. The molecule has 94 valence electrons. The minimum absolute atomic E-state index is 0.0108. The highest BCUT2D eigenvalue weighted by molar-refractivity contribution is 14.1. The lowest BCUT2D eigenvalue weighted by Crippen LogP contribution is -2.19. The summed E-state index contributed by atoms with van der Waals surface area (Å²) in [6.07, 6.45) is -4.02. The molecule has 0 aliphatic heterocycles. The first-order valence-electron chi connectivity index (χ1n) is 3.98. The summed E-state index contributed by atoms with van der Waals surface area (Å²) in [6.45, 7) is 0. The van der Waals surface area contributed by atoms with Gasteiger partial charge in [0.2, 0.25) is 5.88 Å². The molecular formula is C8H4BrF3INO3. The summed E-state index contributed by atoms with van der Waals surface area (Å²) < 4.78 is 39.8. The minimum Gasteiger partial charge on any atom is -0.478 e. The van der Waals surface area contributed by atoms with Crippen molar-refractivity contribution < 1.29 is 27.8 Å². The third-order valence-electron chi connectivity index (χ3n) is 1.67. The number of ether oxygens (including phenoxy) is 1. The van der Waals surface area contributed by atoms with Gasteiger partial charge in [0.05, 0.1) is 9.13 Å². The van der Waals surface area contributed by atoms with Gasteiger partial charge in [-0.3, -0.25) is 0 Å². The third-order valence-corrected chi connectivity index (χ3v) is 3.34. The molecule has 1 N–H and O–H groups in total. The van der Waals surface area contributed by atoms with E-state index < -0.39 is 18.2 Å². The van der Waals surface area contributed by atoms with E-state index in [-0.39, 0.29) is 20.0 Å². The molecule has 4 nitrogen and oxygen atoms in total. The van der Waals surface area contributed by atoms with Gasteiger partial charge in [0.15, 0.2) is 0 Å². The van der Waals surface area contributed by atoms with Crippen molar-refractivity contribution in [3.63, 3.8) is 0 Å². The normalized spacial score (nSPS) is 11.4. The predicted molar refractivity (Wildman–Crippen MR) is 63.2 cm³/mol. The SMILES string of the molecule is O=C(O)c1cnc(OC(F)(F)F)c(I)c1CBr. The highest BCUT2D eigenvalue weighted by Gasteiger charge is 2.33. The van der Waals surface area contributed by atoms with Crippen LogP contribution in [0.2, 0.25) is 0 Å². The van der Waals surface area contributed by atoms with E-state index in [1.807, 2.05) is 0 Å². The number of halogens is 5. The number of pyridine rings is 1. The van der Waals surface area contributed by atoms with Crippen LogP contribution in [0.1, 0.15) is 15.9 Å². The molecule has 0 saturated heterocycles. The monoisotopic (exact) mass is 425 g/mol. The van der Waals surface area contributed by atoms with Crippen molar-refractivity contribution >= 4 is 44.5 Å². The van der Waals surface area contributed by atoms with Crippen LogP contribution in [0.25, 0.3) is 0 Å². The summed E-state index contributed by atoms with van der Waals surface area (Å²) in [4.78, 5) is 14.1. The zero-order valence-electron chi connectivity index (χ0n) is 7.89. The molecule has 0 atom stereocenters. The van der Waals surface area contributed by atoms with Crippen LogP contribution >= 0.6 is 38.5 Å². The third kappa shape index (κ3) is 3.69. The van der Waals surface area contributed by atoms with Gasteiger partial charge in [0.1, 0.15) is 0 Å². The van der Waals surface area contributed by atoms with Gasteiger partial charge in [-0.05, 0) is 28.2 Å². The van der Waals surface area contributed by atoms with Crippen LogP contribution in [-0.4, -0.2) is 22.4 Å². The first-order chi connectivity index (χ1) is 7.76. The highest BCUT2D eigenvalue weighted by Crippen LogP contribution is 2.30. The lowest BCUT2D eigenvalue weighted by atomic mass is 10.1. The molecule has 0 fully saturated rings. The van der Waals surface area contributed by atoms with Crippen molar-refractivity contribution in [2.45, 2.75) is 11.7 Å². The van der Waals surface area contributed by atoms with Gasteiger partial charge in [-0.1, -0.05) is 15.9 Å². The number of rotatable bonds is 3. The van der Waals surface area contributed by atoms with Gasteiger partial charge in [-0.25, -0.2) is 9.78 Å². The maximum atomic E-state index is 12.0. The molecule has 9 heteroatoms. The number of carboxylic acid groups (broad SMARTS) is 1. The topological polar surface area (TPSA) is 59.4 Å². The van der Waals surface area contributed by atoms with Gasteiger partial charge in [-0.15, -0.1) is 13.2 Å². The molecule has 0 aromatic carbocycles. The Labute approximate surface area is 115 Å². The largest absolute Gasteiger partial charge is 0.574 e. The fraction of sp³-hybridized carbons (Fsp3) is 0.250. The van der Waals surface area contributed by atoms with Crippen LogP contribution in [0.15, 0.2) is 6.20 Å². The van der Waals surface area contributed by atoms with Crippen molar-refractivity contribution in [2.75, 3.05) is 0 Å². The van der Waals surface area contributed by atoms with Crippen molar-refractivity contribution in [1.29, 1.82) is 0 Å². The van der Waals surface area contributed by atoms with Gasteiger partial charge in [0.25, 0.3) is 0 Å². The van der Waals surface area contributed by atoms with Crippen LogP contribution in [0.4, 0.5) is 13.2 Å². The van der Waals surface area contributed by atoms with E-state index in [2.05, 4.69) is 25.7 Å². The molecule has 0 aliphatic carbocycles. The summed E-state index contributed by atoms with van der Waals surface area (Å²) in [5.74, 6) is -1.92. The minimum atomic E-state index is -4.86. The second-order valence-electron chi connectivity index (χ2n) is 2.76. The van der Waals surface area contributed by atoms with E-state index in [4.69, 9.17) is 5.11 Å². The molecule has 1 heterocycles. The summed E-state index contributed by atoms with van der Waals surface area (Å²) in [5.41, 5.74) is 0.0214. The summed E-state index contributed by atoms with van der Waals surface area (Å²) >= 11 is 4.57. The van der Waals surface area contributed by atoms with Crippen LogP contribution in [0, 0.1) is 3.57 Å². The Morgan fingerprint density at radius 1 is 1.59 bits per heavy atom. The van der Waals surface area contributed by atoms with Crippen LogP contribution in [0.3, 0.4) is 0 Å². The van der Waals surface area contributed by atoms with E-state index in [0.29, 0.717) is 0 Å². The highest BCUT2D eigenvalue weighted by atomic mass is 127. The number of hydrogen-bond donors (Lipinski definition) is 1. The average molecular weight is 426 g/mol. The number of carboxylic acids is 1. The Morgan fingerprint density at radius 2 is 2.18 bits per heavy atom. The average Bonchev–Trinajstić information content (AvgIpc) is 2.18. The lowest BCUT2D eigenvalue weighted by Gasteiger charge is -2.12. The zero-order valence-corrected chi connectivity index (χ0v) is 11.6.